The number of carbonyl (C=O) groups excluding carboxylic acids is 2. The molecule has 9 heteroatoms. The van der Waals surface area contributed by atoms with Crippen molar-refractivity contribution in [3.8, 4) is 0 Å². The summed E-state index contributed by atoms with van der Waals surface area (Å²) in [6.07, 6.45) is 0.526. The van der Waals surface area contributed by atoms with Gasteiger partial charge in [0, 0.05) is 38.9 Å². The highest BCUT2D eigenvalue weighted by Crippen LogP contribution is 2.40. The molecule has 1 amide bonds. The minimum absolute atomic E-state index is 0.0183. The van der Waals surface area contributed by atoms with Crippen molar-refractivity contribution in [3.63, 3.8) is 0 Å². The fourth-order valence-corrected chi connectivity index (χ4v) is 6.11. The van der Waals surface area contributed by atoms with Crippen molar-refractivity contribution in [1.82, 2.24) is 9.21 Å². The number of Topliss-reactive ketones (excluding diaryl/α,β-unsaturated/α-hetero) is 1. The fourth-order valence-electron chi connectivity index (χ4n) is 4.65. The van der Waals surface area contributed by atoms with Crippen LogP contribution >= 0.6 is 0 Å². The third-order valence-electron chi connectivity index (χ3n) is 6.85. The molecule has 38 heavy (non-hydrogen) atoms. The van der Waals surface area contributed by atoms with Crippen LogP contribution in [0.5, 0.6) is 0 Å². The van der Waals surface area contributed by atoms with Crippen LogP contribution < -0.4 is 0 Å². The Morgan fingerprint density at radius 2 is 1.58 bits per heavy atom. The van der Waals surface area contributed by atoms with Gasteiger partial charge in [-0.05, 0) is 47.2 Å². The Morgan fingerprint density at radius 1 is 1.00 bits per heavy atom. The monoisotopic (exact) mass is 542 g/mol. The first-order valence-corrected chi connectivity index (χ1v) is 14.3. The lowest BCUT2D eigenvalue weighted by Crippen LogP contribution is -2.31. The number of amides is 1. The zero-order chi connectivity index (χ0) is 28.3. The van der Waals surface area contributed by atoms with Crippen LogP contribution in [0.1, 0.15) is 63.8 Å². The van der Waals surface area contributed by atoms with Gasteiger partial charge < -0.3 is 14.7 Å². The van der Waals surface area contributed by atoms with Crippen LogP contribution in [0.15, 0.2) is 59.0 Å². The lowest BCUT2D eigenvalue weighted by Gasteiger charge is -2.26. The van der Waals surface area contributed by atoms with Crippen LogP contribution in [-0.4, -0.2) is 67.8 Å². The van der Waals surface area contributed by atoms with E-state index in [4.69, 9.17) is 4.74 Å². The van der Waals surface area contributed by atoms with Gasteiger partial charge >= 0.3 is 0 Å². The number of nitrogens with zero attached hydrogens (tertiary/aromatic N) is 2. The SMILES string of the molecule is CCN(CC)S(=O)(=O)c1ccc(C(O)=C2C(=O)C(=O)N(CCCOC)[C@@H]2c2ccc(C(C)(C)C)cc2)cc1. The van der Waals surface area contributed by atoms with Gasteiger partial charge in [0.05, 0.1) is 16.5 Å². The number of sulfonamides is 1. The van der Waals surface area contributed by atoms with E-state index in [-0.39, 0.29) is 33.8 Å². The summed E-state index contributed by atoms with van der Waals surface area (Å²) >= 11 is 0. The molecule has 1 saturated heterocycles. The summed E-state index contributed by atoms with van der Waals surface area (Å²) in [5.74, 6) is -1.80. The second-order valence-corrected chi connectivity index (χ2v) is 12.3. The number of carbonyl (C=O) groups is 2. The number of ether oxygens (including phenoxy) is 1. The largest absolute Gasteiger partial charge is 0.507 e. The zero-order valence-electron chi connectivity index (χ0n) is 23.0. The molecule has 0 unspecified atom stereocenters. The Labute approximate surface area is 226 Å². The van der Waals surface area contributed by atoms with E-state index in [0.29, 0.717) is 31.7 Å². The number of aliphatic hydroxyl groups is 1. The zero-order valence-corrected chi connectivity index (χ0v) is 23.8. The highest BCUT2D eigenvalue weighted by atomic mass is 32.2. The number of ketones is 1. The van der Waals surface area contributed by atoms with Gasteiger partial charge in [-0.25, -0.2) is 8.42 Å². The second-order valence-electron chi connectivity index (χ2n) is 10.3. The van der Waals surface area contributed by atoms with Gasteiger partial charge in [0.15, 0.2) is 0 Å². The van der Waals surface area contributed by atoms with E-state index in [2.05, 4.69) is 20.8 Å². The van der Waals surface area contributed by atoms with Crippen molar-refractivity contribution >= 4 is 27.5 Å². The molecule has 2 aromatic rings. The molecule has 1 fully saturated rings. The van der Waals surface area contributed by atoms with Gasteiger partial charge in [-0.1, -0.05) is 58.9 Å². The first-order valence-electron chi connectivity index (χ1n) is 12.9. The van der Waals surface area contributed by atoms with Crippen LogP contribution in [0, 0.1) is 0 Å². The number of hydrogen-bond acceptors (Lipinski definition) is 6. The third kappa shape index (κ3) is 5.85. The third-order valence-corrected chi connectivity index (χ3v) is 8.91. The van der Waals surface area contributed by atoms with Crippen molar-refractivity contribution in [2.24, 2.45) is 0 Å². The first-order chi connectivity index (χ1) is 17.9. The Hall–Kier alpha value is -3.01. The summed E-state index contributed by atoms with van der Waals surface area (Å²) in [5, 5.41) is 11.3. The average molecular weight is 543 g/mol. The standard InChI is InChI=1S/C29H38N2O6S/c1-7-30(8-2)38(35,36)23-16-12-21(13-17-23)26(32)24-25(20-10-14-22(15-11-20)29(3,4)5)31(18-9-19-37-6)28(34)27(24)33/h10-17,25,32H,7-9,18-19H2,1-6H3/t25-/m1/s1. The van der Waals surface area contributed by atoms with Crippen molar-refractivity contribution in [3.05, 3.63) is 70.8 Å². The van der Waals surface area contributed by atoms with Crippen LogP contribution in [0.4, 0.5) is 0 Å². The number of hydrogen-bond donors (Lipinski definition) is 1. The summed E-state index contributed by atoms with van der Waals surface area (Å²) in [6, 6.07) is 12.7. The minimum Gasteiger partial charge on any atom is -0.507 e. The minimum atomic E-state index is -3.68. The van der Waals surface area contributed by atoms with E-state index < -0.39 is 27.8 Å². The molecule has 0 radical (unpaired) electrons. The molecule has 0 aliphatic carbocycles. The maximum absolute atomic E-state index is 13.2. The maximum atomic E-state index is 13.2. The summed E-state index contributed by atoms with van der Waals surface area (Å²) in [5.41, 5.74) is 1.97. The molecule has 2 aromatic carbocycles. The van der Waals surface area contributed by atoms with Crippen molar-refractivity contribution in [2.75, 3.05) is 33.4 Å². The van der Waals surface area contributed by atoms with Crippen molar-refractivity contribution in [2.45, 2.75) is 57.4 Å². The van der Waals surface area contributed by atoms with E-state index in [0.717, 1.165) is 5.56 Å². The van der Waals surface area contributed by atoms with Gasteiger partial charge in [-0.2, -0.15) is 4.31 Å². The molecular formula is C29H38N2O6S. The molecule has 0 aromatic heterocycles. The highest BCUT2D eigenvalue weighted by Gasteiger charge is 2.45. The lowest BCUT2D eigenvalue weighted by atomic mass is 9.85. The van der Waals surface area contributed by atoms with Gasteiger partial charge in [-0.3, -0.25) is 9.59 Å². The molecule has 0 saturated carbocycles. The normalized spacial score (nSPS) is 18.0. The Morgan fingerprint density at radius 3 is 2.08 bits per heavy atom. The first kappa shape index (κ1) is 29.5. The van der Waals surface area contributed by atoms with E-state index in [9.17, 15) is 23.1 Å². The number of aliphatic hydroxyl groups excluding tert-OH is 1. The second kappa shape index (κ2) is 11.8. The summed E-state index contributed by atoms with van der Waals surface area (Å²) in [4.78, 5) is 27.9. The van der Waals surface area contributed by atoms with E-state index in [1.165, 1.54) is 33.5 Å². The topological polar surface area (TPSA) is 104 Å². The molecule has 1 heterocycles. The van der Waals surface area contributed by atoms with E-state index in [1.54, 1.807) is 21.0 Å². The number of benzene rings is 2. The summed E-state index contributed by atoms with van der Waals surface area (Å²) in [6.45, 7) is 11.2. The van der Waals surface area contributed by atoms with E-state index in [1.807, 2.05) is 24.3 Å². The van der Waals surface area contributed by atoms with Crippen LogP contribution in [0.25, 0.3) is 5.76 Å². The number of methoxy groups -OCH3 is 1. The molecular weight excluding hydrogens is 504 g/mol. The lowest BCUT2D eigenvalue weighted by molar-refractivity contribution is -0.140. The quantitative estimate of drug-likeness (QED) is 0.206. The van der Waals surface area contributed by atoms with Crippen molar-refractivity contribution in [1.29, 1.82) is 0 Å². The van der Waals surface area contributed by atoms with Gasteiger partial charge in [-0.15, -0.1) is 0 Å². The smallest absolute Gasteiger partial charge is 0.295 e. The Kier molecular flexibility index (Phi) is 9.17. The Bertz CT molecular complexity index is 1290. The van der Waals surface area contributed by atoms with Crippen LogP contribution in [-0.2, 0) is 29.8 Å². The van der Waals surface area contributed by atoms with Gasteiger partial charge in [0.2, 0.25) is 10.0 Å². The molecule has 3 rings (SSSR count). The predicted molar refractivity (Wildman–Crippen MR) is 147 cm³/mol. The van der Waals surface area contributed by atoms with Gasteiger partial charge in [0.25, 0.3) is 11.7 Å². The fraction of sp³-hybridized carbons (Fsp3) is 0.448. The number of likely N-dealkylation sites (tertiary alicyclic amines) is 1. The highest BCUT2D eigenvalue weighted by molar-refractivity contribution is 7.89. The molecule has 206 valence electrons. The van der Waals surface area contributed by atoms with E-state index >= 15 is 0 Å². The Balaban J connectivity index is 2.09. The average Bonchev–Trinajstić information content (AvgIpc) is 3.13. The van der Waals surface area contributed by atoms with Crippen molar-refractivity contribution < 1.29 is 27.9 Å². The molecule has 0 spiro atoms. The number of rotatable bonds is 10. The molecule has 1 N–H and O–H groups in total. The van der Waals surface area contributed by atoms with Crippen LogP contribution in [0.2, 0.25) is 0 Å². The van der Waals surface area contributed by atoms with Crippen LogP contribution in [0.3, 0.4) is 0 Å². The molecule has 1 aliphatic rings. The predicted octanol–water partition coefficient (Wildman–Crippen LogP) is 4.47. The summed E-state index contributed by atoms with van der Waals surface area (Å²) < 4.78 is 32.2. The van der Waals surface area contributed by atoms with Gasteiger partial charge in [0.1, 0.15) is 5.76 Å². The molecule has 1 atom stereocenters. The molecule has 0 bridgehead atoms. The molecule has 1 aliphatic heterocycles. The molecule has 8 nitrogen and oxygen atoms in total. The summed E-state index contributed by atoms with van der Waals surface area (Å²) in [7, 11) is -2.11. The maximum Gasteiger partial charge on any atom is 0.295 e.